The van der Waals surface area contributed by atoms with Crippen LogP contribution in [0.5, 0.6) is 0 Å². The van der Waals surface area contributed by atoms with Gasteiger partial charge in [-0.05, 0) is 43.8 Å². The minimum absolute atomic E-state index is 0.0374. The monoisotopic (exact) mass is 272 g/mol. The maximum atomic E-state index is 11.6. The van der Waals surface area contributed by atoms with Crippen molar-refractivity contribution in [3.8, 4) is 5.69 Å². The molecule has 2 aromatic rings. The van der Waals surface area contributed by atoms with Gasteiger partial charge in [0.1, 0.15) is 0 Å². The second kappa shape index (κ2) is 6.91. The lowest BCUT2D eigenvalue weighted by Crippen LogP contribution is -2.21. The molecule has 1 N–H and O–H groups in total. The van der Waals surface area contributed by atoms with Gasteiger partial charge in [-0.2, -0.15) is 0 Å². The van der Waals surface area contributed by atoms with Gasteiger partial charge in [-0.1, -0.05) is 12.1 Å². The predicted octanol–water partition coefficient (Wildman–Crippen LogP) is 2.69. The van der Waals surface area contributed by atoms with E-state index in [0.29, 0.717) is 13.0 Å². The Balaban J connectivity index is 2.18. The third-order valence-corrected chi connectivity index (χ3v) is 3.20. The molecule has 0 aliphatic heterocycles. The molecule has 0 saturated carbocycles. The Labute approximate surface area is 119 Å². The van der Waals surface area contributed by atoms with E-state index in [4.69, 9.17) is 4.74 Å². The number of hydrogen-bond acceptors (Lipinski definition) is 3. The second-order valence-corrected chi connectivity index (χ2v) is 4.54. The van der Waals surface area contributed by atoms with Crippen molar-refractivity contribution in [1.82, 2.24) is 9.88 Å². The summed E-state index contributed by atoms with van der Waals surface area (Å²) in [6, 6.07) is 12.1. The first-order chi connectivity index (χ1) is 9.74. The van der Waals surface area contributed by atoms with E-state index in [2.05, 4.69) is 11.4 Å². The molecule has 1 aromatic carbocycles. The third kappa shape index (κ3) is 3.48. The maximum Gasteiger partial charge on any atom is 0.307 e. The normalized spacial score (nSPS) is 12.1. The van der Waals surface area contributed by atoms with Gasteiger partial charge in [0.25, 0.3) is 0 Å². The first-order valence-corrected chi connectivity index (χ1v) is 6.80. The SMILES string of the molecule is CCOC(=O)CC(NC)c1cccc(-n2cccc2)c1. The van der Waals surface area contributed by atoms with Crippen LogP contribution in [0.2, 0.25) is 0 Å². The van der Waals surface area contributed by atoms with Crippen molar-refractivity contribution in [3.63, 3.8) is 0 Å². The molecule has 0 bridgehead atoms. The molecule has 0 aliphatic rings. The van der Waals surface area contributed by atoms with Crippen molar-refractivity contribution in [2.75, 3.05) is 13.7 Å². The zero-order chi connectivity index (χ0) is 14.4. The summed E-state index contributed by atoms with van der Waals surface area (Å²) in [5.41, 5.74) is 2.16. The number of esters is 1. The molecule has 1 heterocycles. The fourth-order valence-corrected chi connectivity index (χ4v) is 2.18. The van der Waals surface area contributed by atoms with Crippen LogP contribution in [-0.4, -0.2) is 24.2 Å². The highest BCUT2D eigenvalue weighted by Crippen LogP contribution is 2.20. The highest BCUT2D eigenvalue weighted by atomic mass is 16.5. The molecule has 1 unspecified atom stereocenters. The van der Waals surface area contributed by atoms with Gasteiger partial charge in [-0.25, -0.2) is 0 Å². The standard InChI is InChI=1S/C16H20N2O2/c1-3-20-16(19)12-15(17-2)13-7-6-8-14(11-13)18-9-4-5-10-18/h4-11,15,17H,3,12H2,1-2H3. The number of nitrogens with one attached hydrogen (secondary N) is 1. The fourth-order valence-electron chi connectivity index (χ4n) is 2.18. The zero-order valence-electron chi connectivity index (χ0n) is 11.9. The van der Waals surface area contributed by atoms with Crippen molar-refractivity contribution in [1.29, 1.82) is 0 Å². The van der Waals surface area contributed by atoms with Crippen LogP contribution in [0.3, 0.4) is 0 Å². The summed E-state index contributed by atoms with van der Waals surface area (Å²) in [5, 5.41) is 3.17. The summed E-state index contributed by atoms with van der Waals surface area (Å²) in [4.78, 5) is 11.6. The zero-order valence-corrected chi connectivity index (χ0v) is 11.9. The van der Waals surface area contributed by atoms with Crippen molar-refractivity contribution < 1.29 is 9.53 Å². The van der Waals surface area contributed by atoms with Gasteiger partial charge in [0, 0.05) is 24.1 Å². The number of nitrogens with zero attached hydrogens (tertiary/aromatic N) is 1. The van der Waals surface area contributed by atoms with Gasteiger partial charge < -0.3 is 14.6 Å². The van der Waals surface area contributed by atoms with Crippen LogP contribution in [0.15, 0.2) is 48.8 Å². The van der Waals surface area contributed by atoms with Gasteiger partial charge >= 0.3 is 5.97 Å². The number of benzene rings is 1. The Kier molecular flexibility index (Phi) is 4.96. The van der Waals surface area contributed by atoms with Crippen molar-refractivity contribution >= 4 is 5.97 Å². The highest BCUT2D eigenvalue weighted by Gasteiger charge is 2.15. The summed E-state index contributed by atoms with van der Waals surface area (Å²) in [6.07, 6.45) is 4.33. The largest absolute Gasteiger partial charge is 0.466 e. The average molecular weight is 272 g/mol. The lowest BCUT2D eigenvalue weighted by Gasteiger charge is -2.17. The molecular weight excluding hydrogens is 252 g/mol. The first kappa shape index (κ1) is 14.3. The predicted molar refractivity (Wildman–Crippen MR) is 78.8 cm³/mol. The molecule has 0 spiro atoms. The van der Waals surface area contributed by atoms with E-state index in [1.165, 1.54) is 0 Å². The number of ether oxygens (including phenoxy) is 1. The number of aromatic nitrogens is 1. The Bertz CT molecular complexity index is 549. The lowest BCUT2D eigenvalue weighted by atomic mass is 10.0. The number of rotatable bonds is 6. The Morgan fingerprint density at radius 1 is 1.30 bits per heavy atom. The Morgan fingerprint density at radius 2 is 2.05 bits per heavy atom. The van der Waals surface area contributed by atoms with Crippen molar-refractivity contribution in [2.24, 2.45) is 0 Å². The smallest absolute Gasteiger partial charge is 0.307 e. The van der Waals surface area contributed by atoms with Crippen LogP contribution in [-0.2, 0) is 9.53 Å². The Hall–Kier alpha value is -2.07. The lowest BCUT2D eigenvalue weighted by molar-refractivity contribution is -0.143. The van der Waals surface area contributed by atoms with E-state index in [1.807, 2.05) is 61.3 Å². The first-order valence-electron chi connectivity index (χ1n) is 6.80. The molecule has 1 atom stereocenters. The molecule has 0 aliphatic carbocycles. The summed E-state index contributed by atoms with van der Waals surface area (Å²) in [7, 11) is 1.85. The van der Waals surface area contributed by atoms with Crippen LogP contribution in [0, 0.1) is 0 Å². The summed E-state index contributed by atoms with van der Waals surface area (Å²) < 4.78 is 7.06. The van der Waals surface area contributed by atoms with Gasteiger partial charge in [-0.3, -0.25) is 4.79 Å². The molecule has 0 radical (unpaired) electrons. The van der Waals surface area contributed by atoms with Crippen molar-refractivity contribution in [3.05, 3.63) is 54.4 Å². The minimum atomic E-state index is -0.182. The van der Waals surface area contributed by atoms with E-state index in [-0.39, 0.29) is 12.0 Å². The molecule has 20 heavy (non-hydrogen) atoms. The van der Waals surface area contributed by atoms with E-state index in [1.54, 1.807) is 0 Å². The van der Waals surface area contributed by atoms with E-state index in [9.17, 15) is 4.79 Å². The maximum absolute atomic E-state index is 11.6. The van der Waals surface area contributed by atoms with Crippen LogP contribution in [0.25, 0.3) is 5.69 Å². The molecule has 1 aromatic heterocycles. The summed E-state index contributed by atoms with van der Waals surface area (Å²) in [5.74, 6) is -0.182. The molecule has 2 rings (SSSR count). The van der Waals surface area contributed by atoms with Gasteiger partial charge in [0.15, 0.2) is 0 Å². The molecule has 4 heteroatoms. The van der Waals surface area contributed by atoms with Crippen LogP contribution >= 0.6 is 0 Å². The van der Waals surface area contributed by atoms with Gasteiger partial charge in [0.05, 0.1) is 13.0 Å². The van der Waals surface area contributed by atoms with Crippen LogP contribution in [0.1, 0.15) is 24.9 Å². The second-order valence-electron chi connectivity index (χ2n) is 4.54. The molecule has 4 nitrogen and oxygen atoms in total. The Morgan fingerprint density at radius 3 is 2.70 bits per heavy atom. The third-order valence-electron chi connectivity index (χ3n) is 3.20. The average Bonchev–Trinajstić information content (AvgIpc) is 2.99. The van der Waals surface area contributed by atoms with E-state index >= 15 is 0 Å². The molecule has 106 valence electrons. The fraction of sp³-hybridized carbons (Fsp3) is 0.312. The highest BCUT2D eigenvalue weighted by molar-refractivity contribution is 5.70. The van der Waals surface area contributed by atoms with Gasteiger partial charge in [-0.15, -0.1) is 0 Å². The topological polar surface area (TPSA) is 43.3 Å². The molecule has 0 amide bonds. The molecule has 0 fully saturated rings. The molecular formula is C16H20N2O2. The van der Waals surface area contributed by atoms with E-state index < -0.39 is 0 Å². The number of carbonyl (C=O) groups excluding carboxylic acids is 1. The van der Waals surface area contributed by atoms with Crippen molar-refractivity contribution in [2.45, 2.75) is 19.4 Å². The van der Waals surface area contributed by atoms with Gasteiger partial charge in [0.2, 0.25) is 0 Å². The number of carbonyl (C=O) groups is 1. The molecule has 0 saturated heterocycles. The number of hydrogen-bond donors (Lipinski definition) is 1. The van der Waals surface area contributed by atoms with E-state index in [0.717, 1.165) is 11.3 Å². The van der Waals surface area contributed by atoms with Crippen LogP contribution < -0.4 is 5.32 Å². The summed E-state index contributed by atoms with van der Waals surface area (Å²) in [6.45, 7) is 2.23. The quantitative estimate of drug-likeness (QED) is 0.822. The summed E-state index contributed by atoms with van der Waals surface area (Å²) >= 11 is 0. The van der Waals surface area contributed by atoms with Crippen LogP contribution in [0.4, 0.5) is 0 Å². The minimum Gasteiger partial charge on any atom is -0.466 e.